The summed E-state index contributed by atoms with van der Waals surface area (Å²) in [5.41, 5.74) is 0.504. The molecule has 1 fully saturated rings. The normalized spacial score (nSPS) is 21.7. The number of alkyl halides is 3. The first-order valence-electron chi connectivity index (χ1n) is 11.8. The van der Waals surface area contributed by atoms with Crippen LogP contribution in [0.3, 0.4) is 0 Å². The molecule has 3 aromatic rings. The second kappa shape index (κ2) is 9.65. The summed E-state index contributed by atoms with van der Waals surface area (Å²) < 4.78 is 59.7. The van der Waals surface area contributed by atoms with Gasteiger partial charge in [0.25, 0.3) is 5.91 Å². The zero-order valence-corrected chi connectivity index (χ0v) is 20.0. The Hall–Kier alpha value is -3.68. The zero-order valence-electron chi connectivity index (χ0n) is 20.0. The summed E-state index contributed by atoms with van der Waals surface area (Å²) in [6.07, 6.45) is -0.187. The van der Waals surface area contributed by atoms with Crippen LogP contribution in [0.4, 0.5) is 23.5 Å². The monoisotopic (exact) mass is 520 g/mol. The molecule has 1 N–H and O–H groups in total. The molecular formula is C23H24F4N8O2. The molecule has 2 aliphatic rings. The van der Waals surface area contributed by atoms with Crippen molar-refractivity contribution < 1.29 is 27.1 Å². The van der Waals surface area contributed by atoms with E-state index in [9.17, 15) is 22.4 Å². The van der Waals surface area contributed by atoms with Crippen LogP contribution in [0.2, 0.25) is 0 Å². The summed E-state index contributed by atoms with van der Waals surface area (Å²) in [6.45, 7) is 4.68. The van der Waals surface area contributed by atoms with Crippen molar-refractivity contribution in [2.45, 2.75) is 57.7 Å². The minimum atomic E-state index is -4.54. The summed E-state index contributed by atoms with van der Waals surface area (Å²) in [5, 5.41) is 7.47. The van der Waals surface area contributed by atoms with Crippen LogP contribution in [0.5, 0.6) is 0 Å². The lowest BCUT2D eigenvalue weighted by Crippen LogP contribution is -2.58. The maximum Gasteiger partial charge on any atom is 0.419 e. The molecule has 14 heteroatoms. The number of ether oxygens (including phenoxy) is 1. The highest BCUT2D eigenvalue weighted by molar-refractivity contribution is 5.99. The van der Waals surface area contributed by atoms with Gasteiger partial charge in [-0.1, -0.05) is 0 Å². The van der Waals surface area contributed by atoms with Gasteiger partial charge in [0.1, 0.15) is 0 Å². The number of rotatable bonds is 5. The van der Waals surface area contributed by atoms with Crippen molar-refractivity contribution in [2.75, 3.05) is 18.4 Å². The van der Waals surface area contributed by atoms with Crippen molar-refractivity contribution in [1.82, 2.24) is 34.6 Å². The Bertz CT molecular complexity index is 1280. The third-order valence-corrected chi connectivity index (χ3v) is 6.44. The van der Waals surface area contributed by atoms with Gasteiger partial charge in [-0.25, -0.2) is 24.3 Å². The number of amides is 1. The molecule has 37 heavy (non-hydrogen) atoms. The van der Waals surface area contributed by atoms with Crippen LogP contribution in [-0.2, 0) is 23.9 Å². The number of carbonyl (C=O) groups excluding carboxylic acids is 1. The number of nitrogens with one attached hydrogen (secondary N) is 1. The number of anilines is 1. The molecule has 0 aromatic carbocycles. The Labute approximate surface area is 209 Å². The van der Waals surface area contributed by atoms with Gasteiger partial charge in [0.05, 0.1) is 47.5 Å². The smallest absolute Gasteiger partial charge is 0.372 e. The fourth-order valence-electron chi connectivity index (χ4n) is 4.73. The average Bonchev–Trinajstić information content (AvgIpc) is 3.44. The molecule has 0 radical (unpaired) electrons. The topological polar surface area (TPSA) is 111 Å². The van der Waals surface area contributed by atoms with Gasteiger partial charge in [0.2, 0.25) is 5.95 Å². The van der Waals surface area contributed by atoms with Crippen molar-refractivity contribution in [2.24, 2.45) is 0 Å². The van der Waals surface area contributed by atoms with E-state index in [0.29, 0.717) is 30.9 Å². The molecule has 0 aliphatic carbocycles. The molecule has 3 atom stereocenters. The Morgan fingerprint density at radius 2 is 1.84 bits per heavy atom. The minimum absolute atomic E-state index is 0.00686. The molecule has 1 saturated heterocycles. The third-order valence-electron chi connectivity index (χ3n) is 6.44. The molecule has 5 rings (SSSR count). The predicted molar refractivity (Wildman–Crippen MR) is 122 cm³/mol. The first-order chi connectivity index (χ1) is 17.6. The van der Waals surface area contributed by atoms with Gasteiger partial charge in [-0.15, -0.1) is 0 Å². The molecule has 3 aromatic heterocycles. The summed E-state index contributed by atoms with van der Waals surface area (Å²) >= 11 is 0. The summed E-state index contributed by atoms with van der Waals surface area (Å²) in [7, 11) is 0. The van der Waals surface area contributed by atoms with Gasteiger partial charge in [-0.2, -0.15) is 18.3 Å². The summed E-state index contributed by atoms with van der Waals surface area (Å²) in [6, 6.07) is -0.506. The van der Waals surface area contributed by atoms with Crippen LogP contribution in [0, 0.1) is 5.82 Å². The van der Waals surface area contributed by atoms with E-state index in [-0.39, 0.29) is 42.6 Å². The molecule has 196 valence electrons. The van der Waals surface area contributed by atoms with Crippen LogP contribution in [0.25, 0.3) is 11.4 Å². The minimum Gasteiger partial charge on any atom is -0.372 e. The van der Waals surface area contributed by atoms with Crippen LogP contribution in [0.15, 0.2) is 24.8 Å². The first kappa shape index (κ1) is 25.0. The predicted octanol–water partition coefficient (Wildman–Crippen LogP) is 2.96. The van der Waals surface area contributed by atoms with Gasteiger partial charge in [0.15, 0.2) is 17.3 Å². The first-order valence-corrected chi connectivity index (χ1v) is 11.8. The Balaban J connectivity index is 1.42. The number of fused-ring (bicyclic) bond motifs is 1. The highest BCUT2D eigenvalue weighted by Gasteiger charge is 2.39. The van der Waals surface area contributed by atoms with E-state index in [0.717, 1.165) is 24.5 Å². The van der Waals surface area contributed by atoms with Crippen molar-refractivity contribution in [1.29, 1.82) is 0 Å². The SMILES string of the molecule is C[C@@H]1CN(C(=O)c2nn3c(c2-c2ncc(F)cn2)CCC3)[C@H](CNc2ncc(C(F)(F)F)cn2)[C@H](C)O1. The van der Waals surface area contributed by atoms with Gasteiger partial charge in [-0.05, 0) is 26.7 Å². The van der Waals surface area contributed by atoms with Crippen molar-refractivity contribution in [3.63, 3.8) is 0 Å². The molecule has 0 bridgehead atoms. The Morgan fingerprint density at radius 3 is 2.51 bits per heavy atom. The lowest BCUT2D eigenvalue weighted by molar-refractivity contribution is -0.138. The standard InChI is InChI=1S/C23H24F4N8O2/c1-12-11-34(17(13(2)37-12)10-32-22-30-6-14(7-31-22)23(25,26)27)21(36)19-18(16-4-3-5-35(16)33-19)20-28-8-15(24)9-29-20/h6-9,12-13,17H,3-5,10-11H2,1-2H3,(H,30,31,32)/t12-,13+,17-/m1/s1. The van der Waals surface area contributed by atoms with E-state index >= 15 is 0 Å². The fourth-order valence-corrected chi connectivity index (χ4v) is 4.73. The Kier molecular flexibility index (Phi) is 6.52. The third kappa shape index (κ3) is 4.97. The molecule has 5 heterocycles. The van der Waals surface area contributed by atoms with Gasteiger partial charge in [-0.3, -0.25) is 9.48 Å². The van der Waals surface area contributed by atoms with Gasteiger partial charge < -0.3 is 15.0 Å². The molecule has 0 saturated carbocycles. The van der Waals surface area contributed by atoms with E-state index in [1.54, 1.807) is 9.58 Å². The zero-order chi connectivity index (χ0) is 26.3. The molecule has 10 nitrogen and oxygen atoms in total. The van der Waals surface area contributed by atoms with E-state index in [1.807, 2.05) is 13.8 Å². The second-order valence-electron chi connectivity index (χ2n) is 9.07. The summed E-state index contributed by atoms with van der Waals surface area (Å²) in [5.74, 6) is -0.748. The van der Waals surface area contributed by atoms with E-state index in [2.05, 4.69) is 30.4 Å². The Morgan fingerprint density at radius 1 is 1.14 bits per heavy atom. The maximum absolute atomic E-state index is 13.9. The van der Waals surface area contributed by atoms with Crippen molar-refractivity contribution in [3.8, 4) is 11.4 Å². The number of halogens is 4. The molecule has 1 amide bonds. The molecule has 2 aliphatic heterocycles. The van der Waals surface area contributed by atoms with Crippen molar-refractivity contribution >= 4 is 11.9 Å². The van der Waals surface area contributed by atoms with Gasteiger partial charge >= 0.3 is 6.18 Å². The van der Waals surface area contributed by atoms with Crippen LogP contribution in [-0.4, -0.2) is 71.9 Å². The van der Waals surface area contributed by atoms with Crippen LogP contribution < -0.4 is 5.32 Å². The lowest BCUT2D eigenvalue weighted by Gasteiger charge is -2.42. The number of hydrogen-bond donors (Lipinski definition) is 1. The van der Waals surface area contributed by atoms with Crippen LogP contribution >= 0.6 is 0 Å². The number of carbonyl (C=O) groups is 1. The number of hydrogen-bond acceptors (Lipinski definition) is 8. The van der Waals surface area contributed by atoms with Crippen molar-refractivity contribution in [3.05, 3.63) is 47.6 Å². The second-order valence-corrected chi connectivity index (χ2v) is 9.07. The fraction of sp³-hybridized carbons (Fsp3) is 0.478. The van der Waals surface area contributed by atoms with E-state index in [1.165, 1.54) is 0 Å². The number of nitrogens with zero attached hydrogens (tertiary/aromatic N) is 7. The molecule has 0 unspecified atom stereocenters. The molecule has 0 spiro atoms. The molecular weight excluding hydrogens is 496 g/mol. The number of morpholine rings is 1. The van der Waals surface area contributed by atoms with E-state index in [4.69, 9.17) is 4.74 Å². The van der Waals surface area contributed by atoms with Crippen LogP contribution in [0.1, 0.15) is 42.0 Å². The number of aryl methyl sites for hydroxylation is 1. The highest BCUT2D eigenvalue weighted by Crippen LogP contribution is 2.32. The van der Waals surface area contributed by atoms with E-state index < -0.39 is 29.7 Å². The maximum atomic E-state index is 13.9. The largest absolute Gasteiger partial charge is 0.419 e. The highest BCUT2D eigenvalue weighted by atomic mass is 19.4. The van der Waals surface area contributed by atoms with Gasteiger partial charge in [0, 0.05) is 32.0 Å². The average molecular weight is 520 g/mol. The summed E-state index contributed by atoms with van der Waals surface area (Å²) in [4.78, 5) is 31.2. The number of aromatic nitrogens is 6. The lowest BCUT2D eigenvalue weighted by atomic mass is 10.0. The quantitative estimate of drug-likeness (QED) is 0.512.